The van der Waals surface area contributed by atoms with Gasteiger partial charge in [0.25, 0.3) is 0 Å². The summed E-state index contributed by atoms with van der Waals surface area (Å²) in [5.74, 6) is 0. The van der Waals surface area contributed by atoms with Crippen LogP contribution in [0, 0.1) is 6.08 Å². The Balaban J connectivity index is 2.19. The lowest BCUT2D eigenvalue weighted by Gasteiger charge is -2.36. The van der Waals surface area contributed by atoms with Crippen LogP contribution < -0.4 is 0 Å². The van der Waals surface area contributed by atoms with E-state index in [1.165, 1.54) is 43.5 Å². The molecule has 1 unspecified atom stereocenters. The summed E-state index contributed by atoms with van der Waals surface area (Å²) >= 11 is 5.42. The van der Waals surface area contributed by atoms with Gasteiger partial charge in [-0.15, -0.1) is 0 Å². The van der Waals surface area contributed by atoms with Gasteiger partial charge < -0.3 is 0 Å². The Kier molecular flexibility index (Phi) is 3.37. The zero-order valence-corrected chi connectivity index (χ0v) is 10.4. The van der Waals surface area contributed by atoms with Gasteiger partial charge in [0, 0.05) is 4.86 Å². The van der Waals surface area contributed by atoms with Gasteiger partial charge in [-0.2, -0.15) is 0 Å². The van der Waals surface area contributed by atoms with E-state index < -0.39 is 0 Å². The van der Waals surface area contributed by atoms with Crippen molar-refractivity contribution >= 4 is 17.1 Å². The molecule has 1 fully saturated rings. The third-order valence-corrected chi connectivity index (χ3v) is 3.81. The van der Waals surface area contributed by atoms with Crippen molar-refractivity contribution in [3.63, 3.8) is 0 Å². The van der Waals surface area contributed by atoms with Crippen molar-refractivity contribution in [2.24, 2.45) is 0 Å². The van der Waals surface area contributed by atoms with Crippen molar-refractivity contribution < 1.29 is 0 Å². The van der Waals surface area contributed by atoms with E-state index in [1.807, 2.05) is 6.08 Å². The Morgan fingerprint density at radius 2 is 1.93 bits per heavy atom. The van der Waals surface area contributed by atoms with Crippen molar-refractivity contribution in [1.82, 2.24) is 4.90 Å². The Morgan fingerprint density at radius 1 is 1.27 bits per heavy atom. The van der Waals surface area contributed by atoms with E-state index in [4.69, 9.17) is 12.2 Å². The molecule has 2 aliphatic rings. The third-order valence-electron chi connectivity index (χ3n) is 3.47. The molecule has 0 N–H and O–H groups in total. The van der Waals surface area contributed by atoms with Crippen LogP contribution in [0.4, 0.5) is 0 Å². The Labute approximate surface area is 97.8 Å². The van der Waals surface area contributed by atoms with E-state index in [1.54, 1.807) is 0 Å². The van der Waals surface area contributed by atoms with Gasteiger partial charge >= 0.3 is 0 Å². The largest absolute Gasteiger partial charge is 0.292 e. The minimum absolute atomic E-state index is 0.352. The lowest BCUT2D eigenvalue weighted by molar-refractivity contribution is 0.219. The maximum atomic E-state index is 5.42. The molecule has 81 valence electrons. The second kappa shape index (κ2) is 4.58. The molecule has 1 aliphatic carbocycles. The smallest absolute Gasteiger partial charge is 0.0673 e. The SMILES string of the molecule is CC1=C(C)C(N2CCCCC2)C(=S)[C]=C1. The van der Waals surface area contributed by atoms with Gasteiger partial charge in [0.05, 0.1) is 6.04 Å². The molecular weight excluding hydrogens is 202 g/mol. The first-order chi connectivity index (χ1) is 7.20. The Hall–Kier alpha value is -0.470. The van der Waals surface area contributed by atoms with Crippen molar-refractivity contribution in [3.8, 4) is 0 Å². The van der Waals surface area contributed by atoms with Crippen molar-refractivity contribution in [2.75, 3.05) is 13.1 Å². The first-order valence-corrected chi connectivity index (χ1v) is 6.16. The van der Waals surface area contributed by atoms with Crippen LogP contribution in [-0.2, 0) is 0 Å². The molecule has 0 aromatic rings. The van der Waals surface area contributed by atoms with Crippen molar-refractivity contribution in [3.05, 3.63) is 23.3 Å². The van der Waals surface area contributed by atoms with E-state index in [0.29, 0.717) is 6.04 Å². The Bertz CT molecular complexity index is 321. The number of hydrogen-bond donors (Lipinski definition) is 0. The van der Waals surface area contributed by atoms with Crippen molar-refractivity contribution in [2.45, 2.75) is 39.2 Å². The predicted octanol–water partition coefficient (Wildman–Crippen LogP) is 2.92. The number of hydrogen-bond acceptors (Lipinski definition) is 2. The highest BCUT2D eigenvalue weighted by atomic mass is 32.1. The molecule has 1 aliphatic heterocycles. The van der Waals surface area contributed by atoms with E-state index >= 15 is 0 Å². The zero-order chi connectivity index (χ0) is 10.8. The number of rotatable bonds is 1. The fraction of sp³-hybridized carbons (Fsp3) is 0.615. The Morgan fingerprint density at radius 3 is 2.60 bits per heavy atom. The summed E-state index contributed by atoms with van der Waals surface area (Å²) in [5, 5.41) is 0. The molecule has 0 saturated carbocycles. The van der Waals surface area contributed by atoms with E-state index in [-0.39, 0.29) is 0 Å². The second-order valence-electron chi connectivity index (χ2n) is 4.52. The topological polar surface area (TPSA) is 3.24 Å². The molecule has 0 spiro atoms. The van der Waals surface area contributed by atoms with Crippen LogP contribution in [0.2, 0.25) is 0 Å². The molecule has 2 heteroatoms. The minimum Gasteiger partial charge on any atom is -0.292 e. The van der Waals surface area contributed by atoms with Crippen LogP contribution in [0.5, 0.6) is 0 Å². The van der Waals surface area contributed by atoms with Crippen LogP contribution in [0.1, 0.15) is 33.1 Å². The van der Waals surface area contributed by atoms with Crippen molar-refractivity contribution in [1.29, 1.82) is 0 Å². The molecule has 1 saturated heterocycles. The van der Waals surface area contributed by atoms with Crippen LogP contribution in [-0.4, -0.2) is 28.9 Å². The molecule has 0 aromatic heterocycles. The first-order valence-electron chi connectivity index (χ1n) is 5.75. The molecule has 0 bridgehead atoms. The third kappa shape index (κ3) is 2.21. The average molecular weight is 220 g/mol. The normalized spacial score (nSPS) is 28.7. The summed E-state index contributed by atoms with van der Waals surface area (Å²) in [6.45, 7) is 6.74. The number of thiocarbonyl (C=S) groups is 1. The number of likely N-dealkylation sites (tertiary alicyclic amines) is 1. The summed E-state index contributed by atoms with van der Waals surface area (Å²) in [6, 6.07) is 0.352. The number of nitrogens with zero attached hydrogens (tertiary/aromatic N) is 1. The molecule has 15 heavy (non-hydrogen) atoms. The summed E-state index contributed by atoms with van der Waals surface area (Å²) in [6.07, 6.45) is 9.24. The first kappa shape index (κ1) is 11.0. The highest BCUT2D eigenvalue weighted by Gasteiger charge is 2.27. The average Bonchev–Trinajstić information content (AvgIpc) is 2.26. The monoisotopic (exact) mass is 220 g/mol. The molecule has 0 aromatic carbocycles. The van der Waals surface area contributed by atoms with Gasteiger partial charge in [-0.3, -0.25) is 4.90 Å². The number of allylic oxidation sites excluding steroid dienone is 2. The fourth-order valence-corrected chi connectivity index (χ4v) is 2.79. The summed E-state index contributed by atoms with van der Waals surface area (Å²) < 4.78 is 0. The summed E-state index contributed by atoms with van der Waals surface area (Å²) in [5.41, 5.74) is 2.75. The van der Waals surface area contributed by atoms with Crippen LogP contribution >= 0.6 is 12.2 Å². The van der Waals surface area contributed by atoms with Gasteiger partial charge in [0.1, 0.15) is 0 Å². The molecule has 1 radical (unpaired) electrons. The fourth-order valence-electron chi connectivity index (χ4n) is 2.40. The molecule has 2 rings (SSSR count). The van der Waals surface area contributed by atoms with Gasteiger partial charge in [0.15, 0.2) is 0 Å². The van der Waals surface area contributed by atoms with E-state index in [9.17, 15) is 0 Å². The minimum atomic E-state index is 0.352. The molecule has 1 heterocycles. The number of piperidine rings is 1. The zero-order valence-electron chi connectivity index (χ0n) is 9.55. The molecule has 1 nitrogen and oxygen atoms in total. The maximum absolute atomic E-state index is 5.42. The van der Waals surface area contributed by atoms with E-state index in [0.717, 1.165) is 4.86 Å². The lowest BCUT2D eigenvalue weighted by Crippen LogP contribution is -2.44. The van der Waals surface area contributed by atoms with Gasteiger partial charge in [-0.25, -0.2) is 0 Å². The van der Waals surface area contributed by atoms with Gasteiger partial charge in [0.2, 0.25) is 0 Å². The highest BCUT2D eigenvalue weighted by molar-refractivity contribution is 7.80. The van der Waals surface area contributed by atoms with Crippen LogP contribution in [0.25, 0.3) is 0 Å². The summed E-state index contributed by atoms with van der Waals surface area (Å²) in [4.78, 5) is 3.49. The standard InChI is InChI=1S/C13H18NS/c1-10-6-7-12(15)13(11(10)2)14-8-4-3-5-9-14/h6,13H,3-5,8-9H2,1-2H3. The predicted molar refractivity (Wildman–Crippen MR) is 68.0 cm³/mol. The molecule has 0 amide bonds. The van der Waals surface area contributed by atoms with Gasteiger partial charge in [-0.1, -0.05) is 24.7 Å². The highest BCUT2D eigenvalue weighted by Crippen LogP contribution is 2.24. The second-order valence-corrected chi connectivity index (χ2v) is 4.96. The van der Waals surface area contributed by atoms with Gasteiger partial charge in [-0.05, 0) is 57.0 Å². The quantitative estimate of drug-likeness (QED) is 0.625. The van der Waals surface area contributed by atoms with Crippen LogP contribution in [0.15, 0.2) is 17.2 Å². The lowest BCUT2D eigenvalue weighted by atomic mass is 9.92. The van der Waals surface area contributed by atoms with E-state index in [2.05, 4.69) is 24.8 Å². The maximum Gasteiger partial charge on any atom is 0.0673 e. The summed E-state index contributed by atoms with van der Waals surface area (Å²) in [7, 11) is 0. The van der Waals surface area contributed by atoms with Crippen LogP contribution in [0.3, 0.4) is 0 Å². The molecule has 1 atom stereocenters. The molecular formula is C13H18NS.